The van der Waals surface area contributed by atoms with E-state index in [1.54, 1.807) is 6.07 Å². The van der Waals surface area contributed by atoms with Gasteiger partial charge >= 0.3 is 0 Å². The molecule has 1 unspecified atom stereocenters. The third kappa shape index (κ3) is 3.44. The first kappa shape index (κ1) is 14.7. The minimum absolute atomic E-state index is 0.400. The molecule has 0 aliphatic heterocycles. The fourth-order valence-corrected chi connectivity index (χ4v) is 3.18. The molecule has 1 aliphatic rings. The maximum atomic E-state index is 11.5. The van der Waals surface area contributed by atoms with Crippen LogP contribution in [0.2, 0.25) is 0 Å². The van der Waals surface area contributed by atoms with Gasteiger partial charge in [0.1, 0.15) is 0 Å². The van der Waals surface area contributed by atoms with Crippen LogP contribution in [-0.2, 0) is 0 Å². The highest BCUT2D eigenvalue weighted by Crippen LogP contribution is 2.30. The number of amides is 1. The van der Waals surface area contributed by atoms with Crippen molar-refractivity contribution < 1.29 is 4.79 Å². The average Bonchev–Trinajstić information content (AvgIpc) is 2.46. The van der Waals surface area contributed by atoms with E-state index in [4.69, 9.17) is 11.5 Å². The van der Waals surface area contributed by atoms with Crippen LogP contribution in [0, 0.1) is 5.92 Å². The smallest absolute Gasteiger partial charge is 0.250 e. The largest absolute Gasteiger partial charge is 0.399 e. The molecular weight excluding hydrogens is 250 g/mol. The van der Waals surface area contributed by atoms with Crippen LogP contribution in [0.3, 0.4) is 0 Å². The van der Waals surface area contributed by atoms with Gasteiger partial charge in [-0.3, -0.25) is 4.79 Å². The number of carbonyl (C=O) groups is 1. The predicted molar refractivity (Wildman–Crippen MR) is 83.6 cm³/mol. The summed E-state index contributed by atoms with van der Waals surface area (Å²) in [5.74, 6) is 0.255. The molecule has 1 amide bonds. The number of hydrogen-bond acceptors (Lipinski definition) is 3. The molecule has 110 valence electrons. The fourth-order valence-electron chi connectivity index (χ4n) is 3.18. The van der Waals surface area contributed by atoms with Crippen molar-refractivity contribution in [3.8, 4) is 0 Å². The lowest BCUT2D eigenvalue weighted by Crippen LogP contribution is -2.31. The fraction of sp³-hybridized carbons (Fsp3) is 0.562. The van der Waals surface area contributed by atoms with Crippen LogP contribution in [0.15, 0.2) is 18.2 Å². The minimum Gasteiger partial charge on any atom is -0.399 e. The highest BCUT2D eigenvalue weighted by molar-refractivity contribution is 5.99. The van der Waals surface area contributed by atoms with Crippen LogP contribution in [0.5, 0.6) is 0 Å². The van der Waals surface area contributed by atoms with Crippen LogP contribution in [0.4, 0.5) is 11.4 Å². The number of hydrogen-bond donors (Lipinski definition) is 3. The second-order valence-corrected chi connectivity index (χ2v) is 5.73. The number of primary amides is 1. The second kappa shape index (κ2) is 6.64. The van der Waals surface area contributed by atoms with Crippen molar-refractivity contribution in [1.82, 2.24) is 0 Å². The summed E-state index contributed by atoms with van der Waals surface area (Å²) in [5, 5.41) is 3.52. The molecule has 0 saturated heterocycles. The van der Waals surface area contributed by atoms with E-state index in [2.05, 4.69) is 12.2 Å². The molecule has 1 aromatic carbocycles. The number of nitrogens with two attached hydrogens (primary N) is 2. The van der Waals surface area contributed by atoms with Crippen molar-refractivity contribution in [3.05, 3.63) is 23.8 Å². The Hall–Kier alpha value is -1.71. The van der Waals surface area contributed by atoms with E-state index in [0.717, 1.165) is 12.1 Å². The summed E-state index contributed by atoms with van der Waals surface area (Å²) in [6, 6.07) is 5.72. The summed E-state index contributed by atoms with van der Waals surface area (Å²) in [7, 11) is 0. The van der Waals surface area contributed by atoms with Crippen molar-refractivity contribution in [2.45, 2.75) is 51.5 Å². The van der Waals surface area contributed by atoms with Crippen molar-refractivity contribution in [3.63, 3.8) is 0 Å². The van der Waals surface area contributed by atoms with Gasteiger partial charge in [-0.05, 0) is 43.4 Å². The maximum absolute atomic E-state index is 11.5. The lowest BCUT2D eigenvalue weighted by Gasteiger charge is -2.31. The zero-order valence-corrected chi connectivity index (χ0v) is 12.2. The van der Waals surface area contributed by atoms with E-state index >= 15 is 0 Å². The molecule has 4 nitrogen and oxygen atoms in total. The Balaban J connectivity index is 2.16. The summed E-state index contributed by atoms with van der Waals surface area (Å²) in [6.45, 7) is 2.19. The normalized spacial score (nSPS) is 17.6. The van der Waals surface area contributed by atoms with Crippen LogP contribution < -0.4 is 16.8 Å². The molecule has 5 N–H and O–H groups in total. The van der Waals surface area contributed by atoms with E-state index in [9.17, 15) is 4.79 Å². The van der Waals surface area contributed by atoms with E-state index in [-0.39, 0.29) is 0 Å². The lowest BCUT2D eigenvalue weighted by molar-refractivity contribution is 0.100. The van der Waals surface area contributed by atoms with Crippen LogP contribution in [-0.4, -0.2) is 11.9 Å². The van der Waals surface area contributed by atoms with E-state index in [1.165, 1.54) is 32.1 Å². The summed E-state index contributed by atoms with van der Waals surface area (Å²) in [5.41, 5.74) is 13.0. The standard InChI is InChI=1S/C16H25N3O/c1-2-14(11-6-4-3-5-7-11)19-15-9-8-12(17)10-13(15)16(18)20/h8-11,14,19H,2-7,17H2,1H3,(H2,18,20). The monoisotopic (exact) mass is 275 g/mol. The van der Waals surface area contributed by atoms with Crippen LogP contribution in [0.1, 0.15) is 55.8 Å². The summed E-state index contributed by atoms with van der Waals surface area (Å²) >= 11 is 0. The van der Waals surface area contributed by atoms with Gasteiger partial charge in [-0.15, -0.1) is 0 Å². The molecule has 1 aromatic rings. The van der Waals surface area contributed by atoms with E-state index in [0.29, 0.717) is 23.2 Å². The number of anilines is 2. The van der Waals surface area contributed by atoms with Crippen molar-refractivity contribution >= 4 is 17.3 Å². The van der Waals surface area contributed by atoms with Gasteiger partial charge in [0.25, 0.3) is 5.91 Å². The number of rotatable bonds is 5. The van der Waals surface area contributed by atoms with Gasteiger partial charge in [0.15, 0.2) is 0 Å². The summed E-state index contributed by atoms with van der Waals surface area (Å²) in [4.78, 5) is 11.5. The average molecular weight is 275 g/mol. The first-order valence-corrected chi connectivity index (χ1v) is 7.57. The molecule has 1 saturated carbocycles. The zero-order valence-electron chi connectivity index (χ0n) is 12.2. The van der Waals surface area contributed by atoms with Crippen molar-refractivity contribution in [2.75, 3.05) is 11.1 Å². The molecule has 0 aromatic heterocycles. The Morgan fingerprint density at radius 2 is 2.05 bits per heavy atom. The molecule has 0 radical (unpaired) electrons. The Morgan fingerprint density at radius 3 is 2.65 bits per heavy atom. The SMILES string of the molecule is CCC(Nc1ccc(N)cc1C(N)=O)C1CCCCC1. The van der Waals surface area contributed by atoms with Gasteiger partial charge in [0.2, 0.25) is 0 Å². The Morgan fingerprint density at radius 1 is 1.35 bits per heavy atom. The highest BCUT2D eigenvalue weighted by atomic mass is 16.1. The number of nitrogen functional groups attached to an aromatic ring is 1. The third-order valence-corrected chi connectivity index (χ3v) is 4.31. The first-order chi connectivity index (χ1) is 9.61. The molecule has 4 heteroatoms. The highest BCUT2D eigenvalue weighted by Gasteiger charge is 2.23. The number of benzene rings is 1. The minimum atomic E-state index is -0.432. The quantitative estimate of drug-likeness (QED) is 0.722. The molecule has 1 aliphatic carbocycles. The van der Waals surface area contributed by atoms with Crippen LogP contribution >= 0.6 is 0 Å². The van der Waals surface area contributed by atoms with Gasteiger partial charge in [0.05, 0.1) is 5.56 Å². The second-order valence-electron chi connectivity index (χ2n) is 5.73. The first-order valence-electron chi connectivity index (χ1n) is 7.57. The van der Waals surface area contributed by atoms with Gasteiger partial charge in [-0.1, -0.05) is 26.2 Å². The van der Waals surface area contributed by atoms with Gasteiger partial charge in [0, 0.05) is 17.4 Å². The predicted octanol–water partition coefficient (Wildman–Crippen LogP) is 3.14. The van der Waals surface area contributed by atoms with Gasteiger partial charge in [-0.2, -0.15) is 0 Å². The molecule has 0 bridgehead atoms. The number of nitrogens with one attached hydrogen (secondary N) is 1. The van der Waals surface area contributed by atoms with Crippen molar-refractivity contribution in [2.24, 2.45) is 11.7 Å². The molecule has 20 heavy (non-hydrogen) atoms. The van der Waals surface area contributed by atoms with Gasteiger partial charge in [-0.25, -0.2) is 0 Å². The van der Waals surface area contributed by atoms with E-state index in [1.807, 2.05) is 12.1 Å². The van der Waals surface area contributed by atoms with Gasteiger partial charge < -0.3 is 16.8 Å². The number of carbonyl (C=O) groups excluding carboxylic acids is 1. The zero-order chi connectivity index (χ0) is 14.5. The van der Waals surface area contributed by atoms with Crippen LogP contribution in [0.25, 0.3) is 0 Å². The van der Waals surface area contributed by atoms with Crippen molar-refractivity contribution in [1.29, 1.82) is 0 Å². The molecule has 1 atom stereocenters. The third-order valence-electron chi connectivity index (χ3n) is 4.31. The topological polar surface area (TPSA) is 81.1 Å². The molecule has 1 fully saturated rings. The molecule has 0 spiro atoms. The summed E-state index contributed by atoms with van der Waals surface area (Å²) in [6.07, 6.45) is 7.56. The molecule has 2 rings (SSSR count). The Bertz CT molecular complexity index is 467. The summed E-state index contributed by atoms with van der Waals surface area (Å²) < 4.78 is 0. The van der Waals surface area contributed by atoms with E-state index < -0.39 is 5.91 Å². The molecular formula is C16H25N3O. The Labute approximate surface area is 120 Å². The molecule has 0 heterocycles. The Kier molecular flexibility index (Phi) is 4.88. The maximum Gasteiger partial charge on any atom is 0.250 e. The lowest BCUT2D eigenvalue weighted by atomic mass is 9.82.